The Hall–Kier alpha value is -3.14. The molecule has 0 aliphatic rings. The molecule has 0 bridgehead atoms. The maximum Gasteiger partial charge on any atom is 0.163 e. The first-order valence-corrected chi connectivity index (χ1v) is 7.82. The molecule has 3 N–H and O–H groups in total. The van der Waals surface area contributed by atoms with Gasteiger partial charge in [0.2, 0.25) is 0 Å². The Bertz CT molecular complexity index is 922. The van der Waals surface area contributed by atoms with Gasteiger partial charge >= 0.3 is 0 Å². The highest BCUT2D eigenvalue weighted by atomic mass is 15.3. The summed E-state index contributed by atoms with van der Waals surface area (Å²) < 4.78 is 1.54. The van der Waals surface area contributed by atoms with Crippen LogP contribution in [0.2, 0.25) is 0 Å². The molecule has 0 saturated heterocycles. The van der Waals surface area contributed by atoms with Crippen molar-refractivity contribution >= 4 is 17.3 Å². The van der Waals surface area contributed by atoms with Crippen LogP contribution in [0.3, 0.4) is 0 Å². The average Bonchev–Trinajstić information content (AvgIpc) is 2.91. The minimum Gasteiger partial charge on any atom is -0.382 e. The van der Waals surface area contributed by atoms with Crippen molar-refractivity contribution in [2.24, 2.45) is 0 Å². The van der Waals surface area contributed by atoms with Crippen molar-refractivity contribution in [3.8, 4) is 6.07 Å². The third-order valence-electron chi connectivity index (χ3n) is 4.05. The molecule has 0 unspecified atom stereocenters. The van der Waals surface area contributed by atoms with Gasteiger partial charge < -0.3 is 11.1 Å². The first-order chi connectivity index (χ1) is 11.6. The summed E-state index contributed by atoms with van der Waals surface area (Å²) >= 11 is 0. The second-order valence-electron chi connectivity index (χ2n) is 5.61. The van der Waals surface area contributed by atoms with Crippen LogP contribution in [0, 0.1) is 18.3 Å². The van der Waals surface area contributed by atoms with Crippen LogP contribution in [0.5, 0.6) is 0 Å². The number of nitrogens with zero attached hydrogens (tertiary/aromatic N) is 5. The summed E-state index contributed by atoms with van der Waals surface area (Å²) in [5, 5.41) is 17.2. The van der Waals surface area contributed by atoms with E-state index in [0.29, 0.717) is 17.3 Å². The van der Waals surface area contributed by atoms with E-state index in [1.165, 1.54) is 0 Å². The van der Waals surface area contributed by atoms with E-state index in [9.17, 15) is 5.26 Å². The summed E-state index contributed by atoms with van der Waals surface area (Å²) in [5.41, 5.74) is 9.90. The van der Waals surface area contributed by atoms with Crippen molar-refractivity contribution < 1.29 is 0 Å². The maximum absolute atomic E-state index is 9.51. The standard InChI is InChI=1S/C17H19N7/c1-4-12-10(2)23-24-15(19)13(9-18)16(22-17(12)24)21-11(3)14-7-5-6-8-20-14/h5-8,11H,4,19H2,1-3H3,(H,21,22)/t11-/m0/s1. The predicted molar refractivity (Wildman–Crippen MR) is 92.5 cm³/mol. The van der Waals surface area contributed by atoms with Crippen LogP contribution in [0.4, 0.5) is 11.6 Å². The summed E-state index contributed by atoms with van der Waals surface area (Å²) in [6, 6.07) is 7.73. The number of pyridine rings is 1. The number of hydrogen-bond donors (Lipinski definition) is 2. The van der Waals surface area contributed by atoms with Gasteiger partial charge in [-0.2, -0.15) is 14.9 Å². The highest BCUT2D eigenvalue weighted by molar-refractivity contribution is 5.70. The van der Waals surface area contributed by atoms with Gasteiger partial charge in [-0.3, -0.25) is 4.98 Å². The highest BCUT2D eigenvalue weighted by Crippen LogP contribution is 2.27. The van der Waals surface area contributed by atoms with E-state index in [1.54, 1.807) is 10.7 Å². The van der Waals surface area contributed by atoms with E-state index in [4.69, 9.17) is 5.73 Å². The van der Waals surface area contributed by atoms with Gasteiger partial charge in [-0.05, 0) is 32.4 Å². The van der Waals surface area contributed by atoms with Crippen LogP contribution >= 0.6 is 0 Å². The molecule has 1 atom stereocenters. The van der Waals surface area contributed by atoms with Crippen molar-refractivity contribution in [2.45, 2.75) is 33.2 Å². The number of nitrogen functional groups attached to an aromatic ring is 1. The molecule has 0 amide bonds. The smallest absolute Gasteiger partial charge is 0.163 e. The molecule has 0 aliphatic heterocycles. The zero-order valence-corrected chi connectivity index (χ0v) is 13.9. The Morgan fingerprint density at radius 2 is 2.21 bits per heavy atom. The normalized spacial score (nSPS) is 12.1. The van der Waals surface area contributed by atoms with Crippen molar-refractivity contribution in [3.63, 3.8) is 0 Å². The SMILES string of the molecule is CCc1c(C)nn2c(N)c(C#N)c(N[C@@H](C)c3ccccn3)nc12. The molecule has 7 nitrogen and oxygen atoms in total. The van der Waals surface area contributed by atoms with Crippen molar-refractivity contribution in [1.29, 1.82) is 5.26 Å². The van der Waals surface area contributed by atoms with Crippen molar-refractivity contribution in [3.05, 3.63) is 46.9 Å². The minimum absolute atomic E-state index is 0.109. The van der Waals surface area contributed by atoms with Crippen LogP contribution in [-0.4, -0.2) is 19.6 Å². The zero-order valence-electron chi connectivity index (χ0n) is 13.9. The molecule has 0 fully saturated rings. The summed E-state index contributed by atoms with van der Waals surface area (Å²) in [6.07, 6.45) is 2.53. The molecule has 3 aromatic rings. The lowest BCUT2D eigenvalue weighted by Gasteiger charge is -2.16. The fraction of sp³-hybridized carbons (Fsp3) is 0.294. The molecule has 0 spiro atoms. The number of nitrogens with one attached hydrogen (secondary N) is 1. The molecule has 0 saturated carbocycles. The van der Waals surface area contributed by atoms with Gasteiger partial charge in [0.25, 0.3) is 0 Å². The van der Waals surface area contributed by atoms with Crippen LogP contribution in [0.15, 0.2) is 24.4 Å². The second-order valence-corrected chi connectivity index (χ2v) is 5.61. The van der Waals surface area contributed by atoms with E-state index >= 15 is 0 Å². The molecule has 3 aromatic heterocycles. The van der Waals surface area contributed by atoms with Gasteiger partial charge in [0, 0.05) is 11.8 Å². The summed E-state index contributed by atoms with van der Waals surface area (Å²) in [5.74, 6) is 0.747. The highest BCUT2D eigenvalue weighted by Gasteiger charge is 2.19. The van der Waals surface area contributed by atoms with Crippen molar-refractivity contribution in [1.82, 2.24) is 19.6 Å². The van der Waals surface area contributed by atoms with E-state index in [2.05, 4.69) is 26.5 Å². The molecule has 0 aromatic carbocycles. The lowest BCUT2D eigenvalue weighted by Crippen LogP contribution is -2.14. The molecular formula is C17H19N7. The minimum atomic E-state index is -0.109. The first kappa shape index (κ1) is 15.7. The van der Waals surface area contributed by atoms with Gasteiger partial charge in [-0.1, -0.05) is 13.0 Å². The van der Waals surface area contributed by atoms with Crippen molar-refractivity contribution in [2.75, 3.05) is 11.1 Å². The van der Waals surface area contributed by atoms with E-state index < -0.39 is 0 Å². The number of hydrogen-bond acceptors (Lipinski definition) is 6. The molecular weight excluding hydrogens is 302 g/mol. The number of nitriles is 1. The van der Waals surface area contributed by atoms with Gasteiger partial charge in [0.05, 0.1) is 17.4 Å². The molecule has 7 heteroatoms. The van der Waals surface area contributed by atoms with Gasteiger partial charge in [0.1, 0.15) is 17.5 Å². The lowest BCUT2D eigenvalue weighted by atomic mass is 10.2. The number of aromatic nitrogens is 4. The summed E-state index contributed by atoms with van der Waals surface area (Å²) in [4.78, 5) is 8.95. The average molecular weight is 321 g/mol. The Balaban J connectivity index is 2.11. The number of aryl methyl sites for hydroxylation is 2. The van der Waals surface area contributed by atoms with Crippen LogP contribution < -0.4 is 11.1 Å². The number of rotatable bonds is 4. The third kappa shape index (κ3) is 2.52. The maximum atomic E-state index is 9.51. The topological polar surface area (TPSA) is 105 Å². The predicted octanol–water partition coefficient (Wildman–Crippen LogP) is 2.62. The van der Waals surface area contributed by atoms with E-state index in [1.807, 2.05) is 39.0 Å². The molecule has 3 rings (SSSR count). The van der Waals surface area contributed by atoms with Gasteiger partial charge in [-0.15, -0.1) is 0 Å². The van der Waals surface area contributed by atoms with E-state index in [-0.39, 0.29) is 11.6 Å². The lowest BCUT2D eigenvalue weighted by molar-refractivity contribution is 0.827. The number of nitrogens with two attached hydrogens (primary N) is 1. The van der Waals surface area contributed by atoms with Gasteiger partial charge in [-0.25, -0.2) is 4.98 Å². The third-order valence-corrected chi connectivity index (χ3v) is 4.05. The summed E-state index contributed by atoms with van der Waals surface area (Å²) in [7, 11) is 0. The molecule has 24 heavy (non-hydrogen) atoms. The van der Waals surface area contributed by atoms with Crippen LogP contribution in [-0.2, 0) is 6.42 Å². The Morgan fingerprint density at radius 3 is 2.83 bits per heavy atom. The molecule has 0 radical (unpaired) electrons. The fourth-order valence-electron chi connectivity index (χ4n) is 2.76. The zero-order chi connectivity index (χ0) is 17.3. The Labute approximate surface area is 140 Å². The van der Waals surface area contributed by atoms with Crippen LogP contribution in [0.1, 0.15) is 42.4 Å². The molecule has 0 aliphatic carbocycles. The van der Waals surface area contributed by atoms with Crippen LogP contribution in [0.25, 0.3) is 5.65 Å². The number of fused-ring (bicyclic) bond motifs is 1. The largest absolute Gasteiger partial charge is 0.382 e. The fourth-order valence-corrected chi connectivity index (χ4v) is 2.76. The quantitative estimate of drug-likeness (QED) is 0.765. The van der Waals surface area contributed by atoms with E-state index in [0.717, 1.165) is 23.4 Å². The van der Waals surface area contributed by atoms with Gasteiger partial charge in [0.15, 0.2) is 11.5 Å². The number of anilines is 2. The Morgan fingerprint density at radius 1 is 1.42 bits per heavy atom. The Kier molecular flexibility index (Phi) is 4.04. The first-order valence-electron chi connectivity index (χ1n) is 7.82. The molecule has 3 heterocycles. The molecule has 122 valence electrons. The summed E-state index contributed by atoms with van der Waals surface area (Å²) in [6.45, 7) is 5.93. The second kappa shape index (κ2) is 6.16. The monoisotopic (exact) mass is 321 g/mol.